The summed E-state index contributed by atoms with van der Waals surface area (Å²) < 4.78 is 5.88. The maximum absolute atomic E-state index is 9.83. The average Bonchev–Trinajstić information content (AvgIpc) is 2.79. The molecular formula is C31H43NO2. The first-order valence-corrected chi connectivity index (χ1v) is 12.0. The quantitative estimate of drug-likeness (QED) is 0.313. The summed E-state index contributed by atoms with van der Waals surface area (Å²) in [6, 6.07) is 22.8. The van der Waals surface area contributed by atoms with Crippen LogP contribution in [0.3, 0.4) is 0 Å². The van der Waals surface area contributed by atoms with Gasteiger partial charge in [0.05, 0.1) is 0 Å². The van der Waals surface area contributed by atoms with Crippen molar-refractivity contribution in [3.63, 3.8) is 0 Å². The number of nitrogen functional groups attached to an aromatic ring is 1. The lowest BCUT2D eigenvalue weighted by Crippen LogP contribution is -2.11. The van der Waals surface area contributed by atoms with Gasteiger partial charge in [-0.1, -0.05) is 97.9 Å². The number of aldehydes is 1. The first kappa shape index (κ1) is 29.0. The van der Waals surface area contributed by atoms with Gasteiger partial charge in [-0.25, -0.2) is 0 Å². The van der Waals surface area contributed by atoms with Gasteiger partial charge in [0.2, 0.25) is 0 Å². The highest BCUT2D eigenvalue weighted by molar-refractivity contribution is 5.68. The number of anilines is 1. The fraction of sp³-hybridized carbons (Fsp3) is 0.387. The van der Waals surface area contributed by atoms with Crippen LogP contribution in [-0.4, -0.2) is 6.29 Å². The third kappa shape index (κ3) is 9.82. The van der Waals surface area contributed by atoms with Crippen molar-refractivity contribution in [2.24, 2.45) is 5.41 Å². The van der Waals surface area contributed by atoms with E-state index in [1.807, 2.05) is 71.0 Å². The summed E-state index contributed by atoms with van der Waals surface area (Å²) in [5.74, 6) is 0.861. The predicted molar refractivity (Wildman–Crippen MR) is 147 cm³/mol. The van der Waals surface area contributed by atoms with Crippen molar-refractivity contribution in [1.29, 1.82) is 0 Å². The highest BCUT2D eigenvalue weighted by Crippen LogP contribution is 2.30. The molecule has 0 aliphatic carbocycles. The Labute approximate surface area is 207 Å². The summed E-state index contributed by atoms with van der Waals surface area (Å²) in [7, 11) is 0. The van der Waals surface area contributed by atoms with Crippen LogP contribution in [0.4, 0.5) is 5.69 Å². The van der Waals surface area contributed by atoms with Crippen molar-refractivity contribution in [2.75, 3.05) is 5.73 Å². The zero-order valence-electron chi connectivity index (χ0n) is 22.5. The number of nitrogens with two attached hydrogens (primary N) is 1. The molecule has 184 valence electrons. The second-order valence-electron chi connectivity index (χ2n) is 10.3. The van der Waals surface area contributed by atoms with Gasteiger partial charge in [-0.2, -0.15) is 0 Å². The van der Waals surface area contributed by atoms with Gasteiger partial charge in [0.1, 0.15) is 18.6 Å². The Hall–Kier alpha value is -3.07. The largest absolute Gasteiger partial charge is 0.489 e. The minimum atomic E-state index is -0.139. The SMILES string of the molecule is CC.CC(C)(C)C=O.Cc1cc(C(C)(C)C)ccc1-c1ccc(OCc2cccc(N)c2)cc1. The van der Waals surface area contributed by atoms with Crippen LogP contribution in [0.15, 0.2) is 66.7 Å². The zero-order valence-corrected chi connectivity index (χ0v) is 22.5. The Bertz CT molecular complexity index is 1020. The Morgan fingerprint density at radius 1 is 0.853 bits per heavy atom. The number of carbonyl (C=O) groups is 1. The van der Waals surface area contributed by atoms with E-state index >= 15 is 0 Å². The third-order valence-corrected chi connectivity index (χ3v) is 4.97. The molecule has 0 saturated carbocycles. The topological polar surface area (TPSA) is 52.3 Å². The molecule has 0 radical (unpaired) electrons. The molecule has 2 N–H and O–H groups in total. The number of benzene rings is 3. The lowest BCUT2D eigenvalue weighted by Gasteiger charge is -2.20. The fourth-order valence-corrected chi connectivity index (χ4v) is 3.03. The number of rotatable bonds is 4. The van der Waals surface area contributed by atoms with Crippen LogP contribution in [0.2, 0.25) is 0 Å². The van der Waals surface area contributed by atoms with E-state index in [4.69, 9.17) is 10.5 Å². The average molecular weight is 462 g/mol. The second-order valence-corrected chi connectivity index (χ2v) is 10.3. The van der Waals surface area contributed by atoms with E-state index < -0.39 is 0 Å². The highest BCUT2D eigenvalue weighted by Gasteiger charge is 2.14. The Balaban J connectivity index is 0.000000631. The maximum Gasteiger partial charge on any atom is 0.125 e. The van der Waals surface area contributed by atoms with Crippen molar-refractivity contribution >= 4 is 12.0 Å². The highest BCUT2D eigenvalue weighted by atomic mass is 16.5. The molecule has 0 bridgehead atoms. The molecule has 0 fully saturated rings. The summed E-state index contributed by atoms with van der Waals surface area (Å²) in [4.78, 5) is 9.83. The van der Waals surface area contributed by atoms with E-state index in [1.165, 1.54) is 22.3 Å². The molecule has 0 aromatic heterocycles. The van der Waals surface area contributed by atoms with Crippen LogP contribution in [0, 0.1) is 12.3 Å². The van der Waals surface area contributed by atoms with E-state index in [0.29, 0.717) is 6.61 Å². The minimum Gasteiger partial charge on any atom is -0.489 e. The molecule has 0 spiro atoms. The Morgan fingerprint density at radius 2 is 1.44 bits per heavy atom. The van der Waals surface area contributed by atoms with Gasteiger partial charge in [-0.3, -0.25) is 0 Å². The predicted octanol–water partition coefficient (Wildman–Crippen LogP) is 8.38. The summed E-state index contributed by atoms with van der Waals surface area (Å²) in [6.45, 7) is 19.0. The summed E-state index contributed by atoms with van der Waals surface area (Å²) in [5, 5.41) is 0. The van der Waals surface area contributed by atoms with Crippen LogP contribution < -0.4 is 10.5 Å². The first-order valence-electron chi connectivity index (χ1n) is 12.0. The smallest absolute Gasteiger partial charge is 0.125 e. The molecule has 0 unspecified atom stereocenters. The Kier molecular flexibility index (Phi) is 11.1. The summed E-state index contributed by atoms with van der Waals surface area (Å²) in [5.41, 5.74) is 12.8. The summed E-state index contributed by atoms with van der Waals surface area (Å²) >= 11 is 0. The molecular weight excluding hydrogens is 418 g/mol. The number of hydrogen-bond donors (Lipinski definition) is 1. The zero-order chi connectivity index (χ0) is 25.9. The molecule has 3 aromatic rings. The van der Waals surface area contributed by atoms with E-state index in [2.05, 4.69) is 58.0 Å². The van der Waals surface area contributed by atoms with Crippen molar-refractivity contribution < 1.29 is 9.53 Å². The van der Waals surface area contributed by atoms with Crippen LogP contribution in [0.25, 0.3) is 11.1 Å². The number of carbonyl (C=O) groups excluding carboxylic acids is 1. The molecule has 0 atom stereocenters. The molecule has 3 nitrogen and oxygen atoms in total. The van der Waals surface area contributed by atoms with Crippen molar-refractivity contribution in [3.8, 4) is 16.9 Å². The van der Waals surface area contributed by atoms with E-state index in [0.717, 1.165) is 23.3 Å². The van der Waals surface area contributed by atoms with Gasteiger partial charge >= 0.3 is 0 Å². The van der Waals surface area contributed by atoms with E-state index in [-0.39, 0.29) is 10.8 Å². The molecule has 0 amide bonds. The fourth-order valence-electron chi connectivity index (χ4n) is 3.03. The van der Waals surface area contributed by atoms with Gasteiger partial charge in [0.25, 0.3) is 0 Å². The normalized spacial score (nSPS) is 10.9. The lowest BCUT2D eigenvalue weighted by molar-refractivity contribution is -0.113. The molecule has 0 aliphatic heterocycles. The van der Waals surface area contributed by atoms with Gasteiger partial charge in [0, 0.05) is 11.1 Å². The van der Waals surface area contributed by atoms with Gasteiger partial charge in [-0.15, -0.1) is 0 Å². The van der Waals surface area contributed by atoms with E-state index in [9.17, 15) is 4.79 Å². The molecule has 0 heterocycles. The number of aryl methyl sites for hydroxylation is 1. The molecule has 3 aromatic carbocycles. The van der Waals surface area contributed by atoms with Crippen molar-refractivity contribution in [2.45, 2.75) is 74.3 Å². The Morgan fingerprint density at radius 3 is 1.91 bits per heavy atom. The summed E-state index contributed by atoms with van der Waals surface area (Å²) in [6.07, 6.45) is 0.938. The van der Waals surface area contributed by atoms with Crippen LogP contribution >= 0.6 is 0 Å². The molecule has 34 heavy (non-hydrogen) atoms. The lowest BCUT2D eigenvalue weighted by atomic mass is 9.84. The van der Waals surface area contributed by atoms with Gasteiger partial charge in [0.15, 0.2) is 0 Å². The molecule has 0 aliphatic rings. The standard InChI is InChI=1S/C24H27NO.C5H10O.C2H6/c1-17-14-20(24(2,3)4)10-13-23(17)19-8-11-22(12-9-19)26-16-18-6-5-7-21(25)15-18;1-5(2,3)4-6;1-2/h5-15H,16,25H2,1-4H3;4H,1-3H3;1-2H3. The van der Waals surface area contributed by atoms with Crippen LogP contribution in [0.5, 0.6) is 5.75 Å². The van der Waals surface area contributed by atoms with Crippen molar-refractivity contribution in [1.82, 2.24) is 0 Å². The second kappa shape index (κ2) is 13.0. The van der Waals surface area contributed by atoms with Crippen molar-refractivity contribution in [3.05, 3.63) is 83.4 Å². The third-order valence-electron chi connectivity index (χ3n) is 4.97. The monoisotopic (exact) mass is 461 g/mol. The molecule has 3 heteroatoms. The molecule has 3 rings (SSSR count). The number of hydrogen-bond acceptors (Lipinski definition) is 3. The minimum absolute atomic E-state index is 0.139. The van der Waals surface area contributed by atoms with Gasteiger partial charge < -0.3 is 15.3 Å². The van der Waals surface area contributed by atoms with E-state index in [1.54, 1.807) is 0 Å². The maximum atomic E-state index is 9.83. The molecule has 0 saturated heterocycles. The first-order chi connectivity index (χ1) is 15.9. The van der Waals surface area contributed by atoms with Crippen LogP contribution in [-0.2, 0) is 16.8 Å². The number of ether oxygens (including phenoxy) is 1. The van der Waals surface area contributed by atoms with Gasteiger partial charge in [-0.05, 0) is 64.4 Å². The van der Waals surface area contributed by atoms with Crippen LogP contribution in [0.1, 0.15) is 72.1 Å².